The number of benzene rings is 1. The second-order valence-electron chi connectivity index (χ2n) is 6.98. The van der Waals surface area contributed by atoms with Crippen molar-refractivity contribution in [1.29, 1.82) is 0 Å². The lowest BCUT2D eigenvalue weighted by molar-refractivity contribution is 0.508. The van der Waals surface area contributed by atoms with Crippen molar-refractivity contribution in [2.75, 3.05) is 11.5 Å². The van der Waals surface area contributed by atoms with Crippen LogP contribution in [0.5, 0.6) is 0 Å². The van der Waals surface area contributed by atoms with Gasteiger partial charge in [-0.2, -0.15) is 11.8 Å². The van der Waals surface area contributed by atoms with Crippen molar-refractivity contribution in [3.63, 3.8) is 0 Å². The van der Waals surface area contributed by atoms with E-state index >= 15 is 0 Å². The van der Waals surface area contributed by atoms with Crippen LogP contribution in [0.2, 0.25) is 0 Å². The molecule has 0 radical (unpaired) electrons. The van der Waals surface area contributed by atoms with E-state index in [-0.39, 0.29) is 0 Å². The second-order valence-corrected chi connectivity index (χ2v) is 8.13. The lowest BCUT2D eigenvalue weighted by atomic mass is 9.82. The molecule has 3 rings (SSSR count). The number of aryl methyl sites for hydroxylation is 1. The van der Waals surface area contributed by atoms with Gasteiger partial charge in [-0.3, -0.25) is 0 Å². The van der Waals surface area contributed by atoms with E-state index in [1.165, 1.54) is 56.5 Å². The van der Waals surface area contributed by atoms with Gasteiger partial charge in [-0.25, -0.2) is 0 Å². The molecule has 0 amide bonds. The van der Waals surface area contributed by atoms with Crippen molar-refractivity contribution < 1.29 is 0 Å². The molecule has 0 aliphatic heterocycles. The summed E-state index contributed by atoms with van der Waals surface area (Å²) in [7, 11) is 0. The van der Waals surface area contributed by atoms with E-state index in [0.717, 1.165) is 11.8 Å². The van der Waals surface area contributed by atoms with Crippen LogP contribution in [0.15, 0.2) is 18.2 Å². The molecule has 2 heteroatoms. The fraction of sp³-hybridized carbons (Fsp3) is 0.684. The van der Waals surface area contributed by atoms with Gasteiger partial charge in [0.25, 0.3) is 0 Å². The Kier molecular flexibility index (Phi) is 5.29. The molecule has 1 saturated carbocycles. The van der Waals surface area contributed by atoms with Gasteiger partial charge < -0.3 is 5.73 Å². The highest BCUT2D eigenvalue weighted by molar-refractivity contribution is 7.99. The standard InChI is InChI=1S/C19H29NS/c1-2-9-21-13-14-3-4-16-11-17(6-5-15(16)10-14)18-7-8-19(20)12-18/h5-6,11,14,18-19H,2-4,7-10,12-13,20H2,1H3/t14-,18?,19?/m0/s1. The average Bonchev–Trinajstić information content (AvgIpc) is 2.93. The number of rotatable bonds is 5. The summed E-state index contributed by atoms with van der Waals surface area (Å²) in [5.41, 5.74) is 10.9. The molecule has 0 aromatic heterocycles. The van der Waals surface area contributed by atoms with Crippen LogP contribution in [0.4, 0.5) is 0 Å². The zero-order valence-corrected chi connectivity index (χ0v) is 14.1. The SMILES string of the molecule is CCCSC[C@H]1CCc2cc(C3CCC(N)C3)ccc2C1. The second kappa shape index (κ2) is 7.19. The Labute approximate surface area is 134 Å². The molecule has 2 aliphatic rings. The molecule has 3 atom stereocenters. The Morgan fingerprint density at radius 1 is 1.19 bits per heavy atom. The first-order chi connectivity index (χ1) is 10.3. The highest BCUT2D eigenvalue weighted by Crippen LogP contribution is 2.36. The minimum absolute atomic E-state index is 0.436. The Morgan fingerprint density at radius 3 is 2.86 bits per heavy atom. The zero-order chi connectivity index (χ0) is 14.7. The smallest absolute Gasteiger partial charge is 0.00448 e. The predicted molar refractivity (Wildman–Crippen MR) is 94.1 cm³/mol. The highest BCUT2D eigenvalue weighted by atomic mass is 32.2. The maximum Gasteiger partial charge on any atom is 0.00448 e. The molecule has 1 aromatic rings. The van der Waals surface area contributed by atoms with Crippen LogP contribution in [-0.2, 0) is 12.8 Å². The summed E-state index contributed by atoms with van der Waals surface area (Å²) >= 11 is 2.14. The Hall–Kier alpha value is -0.470. The summed E-state index contributed by atoms with van der Waals surface area (Å²) < 4.78 is 0. The van der Waals surface area contributed by atoms with Gasteiger partial charge in [-0.1, -0.05) is 25.1 Å². The molecule has 21 heavy (non-hydrogen) atoms. The van der Waals surface area contributed by atoms with Gasteiger partial charge in [0, 0.05) is 6.04 Å². The van der Waals surface area contributed by atoms with Crippen molar-refractivity contribution in [2.45, 2.75) is 63.8 Å². The third-order valence-electron chi connectivity index (χ3n) is 5.21. The molecule has 0 bridgehead atoms. The van der Waals surface area contributed by atoms with E-state index in [2.05, 4.69) is 36.9 Å². The molecule has 1 nitrogen and oxygen atoms in total. The lowest BCUT2D eigenvalue weighted by Crippen LogP contribution is -2.17. The monoisotopic (exact) mass is 303 g/mol. The molecule has 1 fully saturated rings. The summed E-state index contributed by atoms with van der Waals surface area (Å²) in [5.74, 6) is 4.31. The van der Waals surface area contributed by atoms with Crippen molar-refractivity contribution >= 4 is 11.8 Å². The van der Waals surface area contributed by atoms with Crippen molar-refractivity contribution in [2.24, 2.45) is 11.7 Å². The van der Waals surface area contributed by atoms with Crippen molar-refractivity contribution in [3.05, 3.63) is 34.9 Å². The first-order valence-electron chi connectivity index (χ1n) is 8.71. The molecule has 2 N–H and O–H groups in total. The maximum absolute atomic E-state index is 6.07. The van der Waals surface area contributed by atoms with Crippen LogP contribution in [0.3, 0.4) is 0 Å². The zero-order valence-electron chi connectivity index (χ0n) is 13.3. The van der Waals surface area contributed by atoms with E-state index in [9.17, 15) is 0 Å². The van der Waals surface area contributed by atoms with E-state index in [0.29, 0.717) is 6.04 Å². The van der Waals surface area contributed by atoms with Gasteiger partial charge in [-0.05, 0) is 85.0 Å². The van der Waals surface area contributed by atoms with Crippen LogP contribution in [-0.4, -0.2) is 17.5 Å². The van der Waals surface area contributed by atoms with Crippen LogP contribution in [0.1, 0.15) is 61.6 Å². The summed E-state index contributed by atoms with van der Waals surface area (Å²) in [4.78, 5) is 0. The van der Waals surface area contributed by atoms with Gasteiger partial charge in [-0.15, -0.1) is 0 Å². The third-order valence-corrected chi connectivity index (χ3v) is 6.61. The molecule has 116 valence electrons. The minimum Gasteiger partial charge on any atom is -0.328 e. The molecule has 1 aromatic carbocycles. The van der Waals surface area contributed by atoms with E-state index in [1.54, 1.807) is 16.7 Å². The van der Waals surface area contributed by atoms with Crippen LogP contribution < -0.4 is 5.73 Å². The quantitative estimate of drug-likeness (QED) is 0.809. The summed E-state index contributed by atoms with van der Waals surface area (Å²) in [6.07, 6.45) is 8.97. The number of fused-ring (bicyclic) bond motifs is 1. The fourth-order valence-electron chi connectivity index (χ4n) is 3.96. The van der Waals surface area contributed by atoms with Crippen LogP contribution in [0, 0.1) is 5.92 Å². The average molecular weight is 304 g/mol. The molecule has 2 aliphatic carbocycles. The van der Waals surface area contributed by atoms with Crippen molar-refractivity contribution in [1.82, 2.24) is 0 Å². The topological polar surface area (TPSA) is 26.0 Å². The molecular weight excluding hydrogens is 274 g/mol. The Morgan fingerprint density at radius 2 is 2.10 bits per heavy atom. The Bertz CT molecular complexity index is 471. The molecular formula is C19H29NS. The van der Waals surface area contributed by atoms with Gasteiger partial charge >= 0.3 is 0 Å². The number of hydrogen-bond acceptors (Lipinski definition) is 2. The van der Waals surface area contributed by atoms with Crippen LogP contribution >= 0.6 is 11.8 Å². The highest BCUT2D eigenvalue weighted by Gasteiger charge is 2.25. The fourth-order valence-corrected chi connectivity index (χ4v) is 5.03. The van der Waals surface area contributed by atoms with Crippen LogP contribution in [0.25, 0.3) is 0 Å². The summed E-state index contributed by atoms with van der Waals surface area (Å²) in [6, 6.07) is 7.76. The first kappa shape index (κ1) is 15.4. The van der Waals surface area contributed by atoms with Gasteiger partial charge in [0.2, 0.25) is 0 Å². The van der Waals surface area contributed by atoms with Gasteiger partial charge in [0.1, 0.15) is 0 Å². The van der Waals surface area contributed by atoms with E-state index < -0.39 is 0 Å². The van der Waals surface area contributed by atoms with Gasteiger partial charge in [0.15, 0.2) is 0 Å². The first-order valence-corrected chi connectivity index (χ1v) is 9.86. The predicted octanol–water partition coefficient (Wildman–Crippen LogP) is 4.53. The largest absolute Gasteiger partial charge is 0.328 e. The third kappa shape index (κ3) is 3.84. The van der Waals surface area contributed by atoms with Crippen molar-refractivity contribution in [3.8, 4) is 0 Å². The molecule has 0 heterocycles. The van der Waals surface area contributed by atoms with E-state index in [4.69, 9.17) is 5.73 Å². The maximum atomic E-state index is 6.07. The number of nitrogens with two attached hydrogens (primary N) is 1. The Balaban J connectivity index is 1.62. The minimum atomic E-state index is 0.436. The molecule has 2 unspecified atom stereocenters. The molecule has 0 spiro atoms. The van der Waals surface area contributed by atoms with E-state index in [1.807, 2.05) is 0 Å². The number of hydrogen-bond donors (Lipinski definition) is 1. The summed E-state index contributed by atoms with van der Waals surface area (Å²) in [6.45, 7) is 2.28. The van der Waals surface area contributed by atoms with Gasteiger partial charge in [0.05, 0.1) is 0 Å². The lowest BCUT2D eigenvalue weighted by Gasteiger charge is -2.25. The summed E-state index contributed by atoms with van der Waals surface area (Å²) in [5, 5.41) is 0. The normalized spacial score (nSPS) is 28.6. The molecule has 0 saturated heterocycles. The number of thioether (sulfide) groups is 1.